The number of rotatable bonds is 6. The van der Waals surface area contributed by atoms with Gasteiger partial charge in [0.15, 0.2) is 0 Å². The van der Waals surface area contributed by atoms with Crippen molar-refractivity contribution in [2.45, 2.75) is 17.1 Å². The van der Waals surface area contributed by atoms with Crippen molar-refractivity contribution in [2.24, 2.45) is 0 Å². The van der Waals surface area contributed by atoms with E-state index in [1.54, 1.807) is 25.1 Å². The number of halogens is 5. The van der Waals surface area contributed by atoms with Crippen LogP contribution in [0.2, 0.25) is 10.0 Å². The Morgan fingerprint density at radius 3 is 2.30 bits per heavy atom. The maximum absolute atomic E-state index is 12.9. The number of nitrogens with zero attached hydrogens (tertiary/aromatic N) is 1. The SMILES string of the molecule is CN(C)C[C@H](NS(=O)(=O)c1cccc(C(F)(F)F)c1)c1ccc(Cl)c(Cl)c1. The molecule has 4 nitrogen and oxygen atoms in total. The Morgan fingerprint density at radius 2 is 1.74 bits per heavy atom. The van der Waals surface area contributed by atoms with Gasteiger partial charge in [0, 0.05) is 6.54 Å². The van der Waals surface area contributed by atoms with Crippen molar-refractivity contribution >= 4 is 33.2 Å². The van der Waals surface area contributed by atoms with Gasteiger partial charge in [-0.2, -0.15) is 13.2 Å². The van der Waals surface area contributed by atoms with E-state index in [2.05, 4.69) is 4.72 Å². The lowest BCUT2D eigenvalue weighted by atomic mass is 10.1. The maximum Gasteiger partial charge on any atom is 0.416 e. The predicted octanol–water partition coefficient (Wildman–Crippen LogP) is 4.59. The van der Waals surface area contributed by atoms with Crippen LogP contribution >= 0.6 is 23.2 Å². The molecule has 0 saturated carbocycles. The minimum atomic E-state index is -4.64. The molecule has 27 heavy (non-hydrogen) atoms. The van der Waals surface area contributed by atoms with Crippen LogP contribution in [0.25, 0.3) is 0 Å². The average Bonchev–Trinajstić information content (AvgIpc) is 2.55. The van der Waals surface area contributed by atoms with Crippen LogP contribution in [0.5, 0.6) is 0 Å². The third-order valence-electron chi connectivity index (χ3n) is 3.66. The molecule has 0 heterocycles. The summed E-state index contributed by atoms with van der Waals surface area (Å²) in [5.74, 6) is 0. The molecule has 0 bridgehead atoms. The Morgan fingerprint density at radius 1 is 1.07 bits per heavy atom. The molecule has 2 aromatic carbocycles. The standard InChI is InChI=1S/C17H17Cl2F3N2O2S/c1-24(2)10-16(11-6-7-14(18)15(19)8-11)23-27(25,26)13-5-3-4-12(9-13)17(20,21)22/h3-9,16,23H,10H2,1-2H3/t16-/m0/s1. The molecule has 0 saturated heterocycles. The summed E-state index contributed by atoms with van der Waals surface area (Å²) in [6, 6.07) is 7.49. The van der Waals surface area contributed by atoms with Gasteiger partial charge in [-0.15, -0.1) is 0 Å². The summed E-state index contributed by atoms with van der Waals surface area (Å²) in [5.41, 5.74) is -0.502. The van der Waals surface area contributed by atoms with Gasteiger partial charge in [0.2, 0.25) is 10.0 Å². The number of likely N-dealkylation sites (N-methyl/N-ethyl adjacent to an activating group) is 1. The van der Waals surface area contributed by atoms with Gasteiger partial charge in [0.05, 0.1) is 26.5 Å². The van der Waals surface area contributed by atoms with Crippen molar-refractivity contribution in [3.05, 3.63) is 63.6 Å². The van der Waals surface area contributed by atoms with Crippen LogP contribution in [0.15, 0.2) is 47.4 Å². The zero-order chi connectivity index (χ0) is 20.4. The number of benzene rings is 2. The largest absolute Gasteiger partial charge is 0.416 e. The van der Waals surface area contributed by atoms with E-state index >= 15 is 0 Å². The molecule has 10 heteroatoms. The van der Waals surface area contributed by atoms with E-state index < -0.39 is 32.7 Å². The van der Waals surface area contributed by atoms with Gasteiger partial charge in [-0.3, -0.25) is 0 Å². The monoisotopic (exact) mass is 440 g/mol. The molecule has 0 fully saturated rings. The first-order valence-electron chi connectivity index (χ1n) is 7.69. The summed E-state index contributed by atoms with van der Waals surface area (Å²) >= 11 is 11.9. The third-order valence-corrected chi connectivity index (χ3v) is 5.87. The summed E-state index contributed by atoms with van der Waals surface area (Å²) in [7, 11) is -0.733. The van der Waals surface area contributed by atoms with Crippen molar-refractivity contribution in [1.29, 1.82) is 0 Å². The highest BCUT2D eigenvalue weighted by atomic mass is 35.5. The van der Waals surface area contributed by atoms with E-state index in [0.29, 0.717) is 16.7 Å². The fourth-order valence-corrected chi connectivity index (χ4v) is 3.97. The van der Waals surface area contributed by atoms with Gasteiger partial charge in [-0.05, 0) is 50.0 Å². The van der Waals surface area contributed by atoms with Crippen LogP contribution in [-0.2, 0) is 16.2 Å². The van der Waals surface area contributed by atoms with Crippen molar-refractivity contribution in [1.82, 2.24) is 9.62 Å². The molecule has 0 aliphatic rings. The number of hydrogen-bond donors (Lipinski definition) is 1. The first-order valence-corrected chi connectivity index (χ1v) is 9.93. The fourth-order valence-electron chi connectivity index (χ4n) is 2.40. The zero-order valence-corrected chi connectivity index (χ0v) is 16.7. The second-order valence-corrected chi connectivity index (χ2v) is 8.66. The molecule has 0 aromatic heterocycles. The van der Waals surface area contributed by atoms with Crippen molar-refractivity contribution in [3.63, 3.8) is 0 Å². The molecule has 1 N–H and O–H groups in total. The van der Waals surface area contributed by atoms with Gasteiger partial charge >= 0.3 is 6.18 Å². The second kappa shape index (κ2) is 8.36. The Hall–Kier alpha value is -1.32. The van der Waals surface area contributed by atoms with Crippen LogP contribution < -0.4 is 4.72 Å². The Bertz CT molecular complexity index is 919. The highest BCUT2D eigenvalue weighted by Crippen LogP contribution is 2.31. The van der Waals surface area contributed by atoms with E-state index in [4.69, 9.17) is 23.2 Å². The van der Waals surface area contributed by atoms with E-state index in [0.717, 1.165) is 18.2 Å². The summed E-state index contributed by atoms with van der Waals surface area (Å²) in [6.07, 6.45) is -4.64. The molecule has 2 aromatic rings. The normalized spacial score (nSPS) is 13.8. The lowest BCUT2D eigenvalue weighted by Crippen LogP contribution is -2.35. The predicted molar refractivity (Wildman–Crippen MR) is 99.5 cm³/mol. The lowest BCUT2D eigenvalue weighted by Gasteiger charge is -2.23. The van der Waals surface area contributed by atoms with Crippen molar-refractivity contribution in [2.75, 3.05) is 20.6 Å². The van der Waals surface area contributed by atoms with Gasteiger partial charge in [0.25, 0.3) is 0 Å². The van der Waals surface area contributed by atoms with Gasteiger partial charge in [-0.1, -0.05) is 35.3 Å². The number of alkyl halides is 3. The topological polar surface area (TPSA) is 49.4 Å². The quantitative estimate of drug-likeness (QED) is 0.714. The number of nitrogens with one attached hydrogen (secondary N) is 1. The minimum Gasteiger partial charge on any atom is -0.307 e. The van der Waals surface area contributed by atoms with E-state index in [1.807, 2.05) is 0 Å². The van der Waals surface area contributed by atoms with Crippen molar-refractivity contribution in [3.8, 4) is 0 Å². The molecule has 0 amide bonds. The molecule has 0 unspecified atom stereocenters. The van der Waals surface area contributed by atoms with E-state index in [1.165, 1.54) is 12.1 Å². The molecule has 1 atom stereocenters. The second-order valence-electron chi connectivity index (χ2n) is 6.14. The fraction of sp³-hybridized carbons (Fsp3) is 0.294. The maximum atomic E-state index is 12.9. The highest BCUT2D eigenvalue weighted by molar-refractivity contribution is 7.89. The van der Waals surface area contributed by atoms with Gasteiger partial charge in [0.1, 0.15) is 0 Å². The molecule has 2 rings (SSSR count). The van der Waals surface area contributed by atoms with E-state index in [9.17, 15) is 21.6 Å². The first-order chi connectivity index (χ1) is 12.4. The number of hydrogen-bond acceptors (Lipinski definition) is 3. The average molecular weight is 441 g/mol. The molecule has 0 aliphatic heterocycles. The Balaban J connectivity index is 2.40. The molecule has 0 radical (unpaired) electrons. The summed E-state index contributed by atoms with van der Waals surface area (Å²) in [6.45, 7) is 0.260. The summed E-state index contributed by atoms with van der Waals surface area (Å²) < 4.78 is 66.5. The van der Waals surface area contributed by atoms with E-state index in [-0.39, 0.29) is 11.6 Å². The van der Waals surface area contributed by atoms with Gasteiger partial charge in [-0.25, -0.2) is 13.1 Å². The minimum absolute atomic E-state index is 0.246. The molecule has 148 valence electrons. The lowest BCUT2D eigenvalue weighted by molar-refractivity contribution is -0.137. The van der Waals surface area contributed by atoms with Gasteiger partial charge < -0.3 is 4.90 Å². The summed E-state index contributed by atoms with van der Waals surface area (Å²) in [4.78, 5) is 1.27. The first kappa shape index (κ1) is 22.0. The van der Waals surface area contributed by atoms with Crippen LogP contribution in [-0.4, -0.2) is 34.0 Å². The number of sulfonamides is 1. The van der Waals surface area contributed by atoms with Crippen LogP contribution in [0.4, 0.5) is 13.2 Å². The Kier molecular flexibility index (Phi) is 6.81. The smallest absolute Gasteiger partial charge is 0.307 e. The van der Waals surface area contributed by atoms with Crippen molar-refractivity contribution < 1.29 is 21.6 Å². The summed E-state index contributed by atoms with van der Waals surface area (Å²) in [5, 5.41) is 0.556. The molecule has 0 spiro atoms. The van der Waals surface area contributed by atoms with Crippen LogP contribution in [0, 0.1) is 0 Å². The highest BCUT2D eigenvalue weighted by Gasteiger charge is 2.32. The third kappa shape index (κ3) is 5.83. The van der Waals surface area contributed by atoms with Crippen LogP contribution in [0.1, 0.15) is 17.2 Å². The Labute approximate surface area is 165 Å². The zero-order valence-electron chi connectivity index (χ0n) is 14.4. The molecule has 0 aliphatic carbocycles. The molecular weight excluding hydrogens is 424 g/mol. The molecular formula is C17H17Cl2F3N2O2S. The van der Waals surface area contributed by atoms with Crippen LogP contribution in [0.3, 0.4) is 0 Å².